The summed E-state index contributed by atoms with van der Waals surface area (Å²) in [5.41, 5.74) is 3.85. The highest BCUT2D eigenvalue weighted by Crippen LogP contribution is 2.37. The zero-order chi connectivity index (χ0) is 14.0. The summed E-state index contributed by atoms with van der Waals surface area (Å²) in [6, 6.07) is 0. The molecule has 0 unspecified atom stereocenters. The monoisotopic (exact) mass is 264 g/mol. The number of rotatable bonds is 5. The number of anilines is 2. The fourth-order valence-electron chi connectivity index (χ4n) is 2.74. The third-order valence-corrected chi connectivity index (χ3v) is 4.20. The van der Waals surface area contributed by atoms with Gasteiger partial charge in [-0.05, 0) is 40.3 Å². The first kappa shape index (κ1) is 14.0. The van der Waals surface area contributed by atoms with Gasteiger partial charge in [0, 0.05) is 30.9 Å². The van der Waals surface area contributed by atoms with Crippen molar-refractivity contribution in [1.82, 2.24) is 14.9 Å². The maximum Gasteiger partial charge on any atom is 0.239 e. The second-order valence-electron chi connectivity index (χ2n) is 5.67. The molecule has 19 heavy (non-hydrogen) atoms. The van der Waals surface area contributed by atoms with Crippen LogP contribution >= 0.6 is 0 Å². The maximum atomic E-state index is 5.38. The summed E-state index contributed by atoms with van der Waals surface area (Å²) in [5.74, 6) is 6.78. The molecule has 0 bridgehead atoms. The van der Waals surface area contributed by atoms with Gasteiger partial charge < -0.3 is 9.80 Å². The molecule has 1 aliphatic carbocycles. The van der Waals surface area contributed by atoms with E-state index < -0.39 is 0 Å². The first-order valence-corrected chi connectivity index (χ1v) is 6.67. The molecule has 1 fully saturated rings. The number of nitrogens with one attached hydrogen (secondary N) is 1. The van der Waals surface area contributed by atoms with Crippen LogP contribution in [0.3, 0.4) is 0 Å². The van der Waals surface area contributed by atoms with Gasteiger partial charge in [-0.15, -0.1) is 0 Å². The van der Waals surface area contributed by atoms with Crippen LogP contribution in [0.15, 0.2) is 6.20 Å². The van der Waals surface area contributed by atoms with Crippen LogP contribution in [0, 0.1) is 6.92 Å². The summed E-state index contributed by atoms with van der Waals surface area (Å²) >= 11 is 0. The Bertz CT molecular complexity index is 441. The van der Waals surface area contributed by atoms with Crippen LogP contribution in [0.2, 0.25) is 0 Å². The van der Waals surface area contributed by atoms with Crippen LogP contribution in [0.1, 0.15) is 24.8 Å². The Hall–Kier alpha value is -1.40. The van der Waals surface area contributed by atoms with Crippen LogP contribution in [0.4, 0.5) is 11.8 Å². The minimum atomic E-state index is 0.280. The summed E-state index contributed by atoms with van der Waals surface area (Å²) < 4.78 is 0. The van der Waals surface area contributed by atoms with Gasteiger partial charge in [0.25, 0.3) is 0 Å². The predicted molar refractivity (Wildman–Crippen MR) is 78.1 cm³/mol. The van der Waals surface area contributed by atoms with Crippen LogP contribution in [0.5, 0.6) is 0 Å². The third-order valence-electron chi connectivity index (χ3n) is 4.20. The fraction of sp³-hybridized carbons (Fsp3) is 0.692. The molecule has 106 valence electrons. The van der Waals surface area contributed by atoms with Crippen molar-refractivity contribution in [2.24, 2.45) is 5.84 Å². The Kier molecular flexibility index (Phi) is 3.91. The van der Waals surface area contributed by atoms with Gasteiger partial charge in [0.2, 0.25) is 5.95 Å². The Balaban J connectivity index is 2.17. The van der Waals surface area contributed by atoms with Crippen molar-refractivity contribution in [3.8, 4) is 0 Å². The summed E-state index contributed by atoms with van der Waals surface area (Å²) in [5, 5.41) is 0. The minimum Gasteiger partial charge on any atom is -0.357 e. The average molecular weight is 264 g/mol. The smallest absolute Gasteiger partial charge is 0.239 e. The molecule has 0 atom stereocenters. The van der Waals surface area contributed by atoms with Crippen molar-refractivity contribution in [2.45, 2.75) is 31.7 Å². The molecule has 3 N–H and O–H groups in total. The first-order valence-electron chi connectivity index (χ1n) is 6.67. The maximum absolute atomic E-state index is 5.38. The van der Waals surface area contributed by atoms with Crippen LogP contribution < -0.4 is 16.2 Å². The van der Waals surface area contributed by atoms with Crippen molar-refractivity contribution in [1.29, 1.82) is 0 Å². The molecular formula is C13H24N6. The van der Waals surface area contributed by atoms with E-state index in [1.165, 1.54) is 19.3 Å². The second kappa shape index (κ2) is 5.30. The summed E-state index contributed by atoms with van der Waals surface area (Å²) in [7, 11) is 6.40. The number of likely N-dealkylation sites (N-methyl/N-ethyl adjacent to an activating group) is 2. The van der Waals surface area contributed by atoms with E-state index in [4.69, 9.17) is 5.84 Å². The average Bonchev–Trinajstić information content (AvgIpc) is 2.33. The quantitative estimate of drug-likeness (QED) is 0.610. The molecular weight excluding hydrogens is 240 g/mol. The lowest BCUT2D eigenvalue weighted by atomic mass is 9.75. The highest BCUT2D eigenvalue weighted by Gasteiger charge is 2.40. The largest absolute Gasteiger partial charge is 0.357 e. The molecule has 1 saturated carbocycles. The molecule has 1 heterocycles. The van der Waals surface area contributed by atoms with Gasteiger partial charge in [0.15, 0.2) is 0 Å². The molecule has 0 spiro atoms. The zero-order valence-corrected chi connectivity index (χ0v) is 12.3. The molecule has 0 amide bonds. The van der Waals surface area contributed by atoms with Crippen molar-refractivity contribution >= 4 is 11.8 Å². The normalized spacial score (nSPS) is 17.2. The molecule has 2 rings (SSSR count). The molecule has 1 aromatic heterocycles. The van der Waals surface area contributed by atoms with Gasteiger partial charge in [0.1, 0.15) is 5.82 Å². The second-order valence-corrected chi connectivity index (χ2v) is 5.67. The van der Waals surface area contributed by atoms with E-state index in [1.54, 1.807) is 6.20 Å². The van der Waals surface area contributed by atoms with Crippen molar-refractivity contribution in [3.05, 3.63) is 11.8 Å². The fourth-order valence-corrected chi connectivity index (χ4v) is 2.74. The first-order chi connectivity index (χ1) is 8.98. The topological polar surface area (TPSA) is 70.3 Å². The number of nitrogens with two attached hydrogens (primary N) is 1. The van der Waals surface area contributed by atoms with Crippen molar-refractivity contribution in [2.75, 3.05) is 38.0 Å². The Morgan fingerprint density at radius 2 is 2.05 bits per heavy atom. The lowest BCUT2D eigenvalue weighted by molar-refractivity contribution is 0.0681. The lowest BCUT2D eigenvalue weighted by Gasteiger charge is -2.49. The zero-order valence-electron chi connectivity index (χ0n) is 12.3. The molecule has 1 aromatic rings. The third kappa shape index (κ3) is 2.64. The van der Waals surface area contributed by atoms with Gasteiger partial charge in [-0.25, -0.2) is 10.8 Å². The molecule has 6 nitrogen and oxygen atoms in total. The van der Waals surface area contributed by atoms with Crippen molar-refractivity contribution < 1.29 is 0 Å². The van der Waals surface area contributed by atoms with Gasteiger partial charge in [-0.3, -0.25) is 5.43 Å². The van der Waals surface area contributed by atoms with Gasteiger partial charge >= 0.3 is 0 Å². The predicted octanol–water partition coefficient (Wildman–Crippen LogP) is 0.991. The van der Waals surface area contributed by atoms with Crippen LogP contribution in [-0.4, -0.2) is 48.1 Å². The molecule has 0 saturated heterocycles. The van der Waals surface area contributed by atoms with Gasteiger partial charge in [-0.1, -0.05) is 0 Å². The van der Waals surface area contributed by atoms with E-state index in [1.807, 2.05) is 6.92 Å². The molecule has 0 radical (unpaired) electrons. The number of hydrogen-bond donors (Lipinski definition) is 2. The van der Waals surface area contributed by atoms with Crippen molar-refractivity contribution in [3.63, 3.8) is 0 Å². The number of nitrogens with zero attached hydrogens (tertiary/aromatic N) is 4. The minimum absolute atomic E-state index is 0.280. The van der Waals surface area contributed by atoms with E-state index >= 15 is 0 Å². The lowest BCUT2D eigenvalue weighted by Crippen LogP contribution is -2.57. The van der Waals surface area contributed by atoms with E-state index in [0.717, 1.165) is 17.9 Å². The van der Waals surface area contributed by atoms with E-state index in [2.05, 4.69) is 46.3 Å². The summed E-state index contributed by atoms with van der Waals surface area (Å²) in [6.07, 6.45) is 5.61. The van der Waals surface area contributed by atoms with E-state index in [9.17, 15) is 0 Å². The molecule has 0 aromatic carbocycles. The number of nitrogen functional groups attached to an aromatic ring is 1. The Morgan fingerprint density at radius 3 is 2.53 bits per heavy atom. The molecule has 0 aliphatic heterocycles. The summed E-state index contributed by atoms with van der Waals surface area (Å²) in [4.78, 5) is 13.1. The summed E-state index contributed by atoms with van der Waals surface area (Å²) in [6.45, 7) is 3.00. The standard InChI is InChI=1S/C13H24N6/c1-10-8-15-12(17-14)16-11(10)19(4)9-13(18(2)3)6-5-7-13/h8H,5-7,9,14H2,1-4H3,(H,15,16,17). The van der Waals surface area contributed by atoms with Gasteiger partial charge in [0.05, 0.1) is 0 Å². The number of hydrazine groups is 1. The number of aryl methyl sites for hydroxylation is 1. The van der Waals surface area contributed by atoms with Crippen LogP contribution in [0.25, 0.3) is 0 Å². The number of aromatic nitrogens is 2. The molecule has 6 heteroatoms. The molecule has 1 aliphatic rings. The SMILES string of the molecule is Cc1cnc(NN)nc1N(C)CC1(N(C)C)CCC1. The Morgan fingerprint density at radius 1 is 1.37 bits per heavy atom. The van der Waals surface area contributed by atoms with Crippen LogP contribution in [-0.2, 0) is 0 Å². The Labute approximate surface area is 115 Å². The number of hydrogen-bond acceptors (Lipinski definition) is 6. The highest BCUT2D eigenvalue weighted by atomic mass is 15.3. The van der Waals surface area contributed by atoms with E-state index in [0.29, 0.717) is 5.95 Å². The highest BCUT2D eigenvalue weighted by molar-refractivity contribution is 5.48. The van der Waals surface area contributed by atoms with Gasteiger partial charge in [-0.2, -0.15) is 4.98 Å². The van der Waals surface area contributed by atoms with E-state index in [-0.39, 0.29) is 5.54 Å².